The third-order valence-electron chi connectivity index (χ3n) is 5.58. The number of urea groups is 1. The van der Waals surface area contributed by atoms with E-state index in [1.807, 2.05) is 29.2 Å². The summed E-state index contributed by atoms with van der Waals surface area (Å²) < 4.78 is 5.30. The number of piperidine rings is 1. The molecule has 0 bridgehead atoms. The lowest BCUT2D eigenvalue weighted by Crippen LogP contribution is -2.49. The molecule has 2 amide bonds. The first-order valence-corrected chi connectivity index (χ1v) is 9.10. The van der Waals surface area contributed by atoms with E-state index in [9.17, 15) is 4.79 Å². The molecule has 3 rings (SSSR count). The summed E-state index contributed by atoms with van der Waals surface area (Å²) in [6.07, 6.45) is 7.54. The van der Waals surface area contributed by atoms with Crippen LogP contribution in [0, 0.1) is 0 Å². The number of amides is 2. The number of ether oxygens (including phenoxy) is 1. The van der Waals surface area contributed by atoms with Gasteiger partial charge in [-0.1, -0.05) is 25.0 Å². The van der Waals surface area contributed by atoms with Gasteiger partial charge in [-0.25, -0.2) is 4.79 Å². The summed E-state index contributed by atoms with van der Waals surface area (Å²) in [5.41, 5.74) is 0.732. The summed E-state index contributed by atoms with van der Waals surface area (Å²) in [6.45, 7) is 1.64. The monoisotopic (exact) mass is 331 g/mol. The fraction of sp³-hybridized carbons (Fsp3) is 0.632. The number of benzene rings is 1. The molecule has 132 valence electrons. The average Bonchev–Trinajstić information content (AvgIpc) is 3.16. The minimum Gasteiger partial charge on any atom is -0.495 e. The van der Waals surface area contributed by atoms with Crippen molar-refractivity contribution >= 4 is 11.7 Å². The third kappa shape index (κ3) is 3.83. The van der Waals surface area contributed by atoms with Gasteiger partial charge in [-0.15, -0.1) is 0 Å². The van der Waals surface area contributed by atoms with Crippen molar-refractivity contribution in [2.24, 2.45) is 0 Å². The summed E-state index contributed by atoms with van der Waals surface area (Å²) in [4.78, 5) is 17.0. The number of para-hydroxylation sites is 2. The molecule has 1 N–H and O–H groups in total. The first-order valence-electron chi connectivity index (χ1n) is 9.10. The summed E-state index contributed by atoms with van der Waals surface area (Å²) >= 11 is 0. The van der Waals surface area contributed by atoms with Gasteiger partial charge in [0.15, 0.2) is 0 Å². The second-order valence-electron chi connectivity index (χ2n) is 6.95. The molecule has 0 unspecified atom stereocenters. The van der Waals surface area contributed by atoms with E-state index in [1.54, 1.807) is 7.11 Å². The van der Waals surface area contributed by atoms with Gasteiger partial charge >= 0.3 is 6.03 Å². The van der Waals surface area contributed by atoms with Crippen LogP contribution in [0.25, 0.3) is 0 Å². The van der Waals surface area contributed by atoms with Gasteiger partial charge in [0.25, 0.3) is 0 Å². The van der Waals surface area contributed by atoms with Crippen molar-refractivity contribution in [3.05, 3.63) is 24.3 Å². The first-order chi connectivity index (χ1) is 11.7. The molecule has 1 aliphatic carbocycles. The molecule has 0 spiro atoms. The van der Waals surface area contributed by atoms with Crippen LogP contribution >= 0.6 is 0 Å². The van der Waals surface area contributed by atoms with Gasteiger partial charge in [-0.3, -0.25) is 0 Å². The number of methoxy groups -OCH3 is 1. The zero-order chi connectivity index (χ0) is 16.9. The number of likely N-dealkylation sites (tertiary alicyclic amines) is 1. The molecule has 1 aliphatic heterocycles. The van der Waals surface area contributed by atoms with Gasteiger partial charge in [-0.05, 0) is 44.9 Å². The first kappa shape index (κ1) is 17.1. The highest BCUT2D eigenvalue weighted by molar-refractivity contribution is 5.91. The maximum absolute atomic E-state index is 12.5. The lowest BCUT2D eigenvalue weighted by molar-refractivity contribution is 0.110. The quantitative estimate of drug-likeness (QED) is 0.917. The van der Waals surface area contributed by atoms with Crippen molar-refractivity contribution in [1.82, 2.24) is 9.80 Å². The van der Waals surface area contributed by atoms with Crippen molar-refractivity contribution in [1.29, 1.82) is 0 Å². The van der Waals surface area contributed by atoms with Gasteiger partial charge < -0.3 is 19.9 Å². The summed E-state index contributed by atoms with van der Waals surface area (Å²) in [5.74, 6) is 0.696. The molecule has 5 heteroatoms. The average molecular weight is 331 g/mol. The lowest BCUT2D eigenvalue weighted by atomic mass is 10.0. The Hall–Kier alpha value is -1.75. The van der Waals surface area contributed by atoms with Crippen molar-refractivity contribution in [3.8, 4) is 5.75 Å². The van der Waals surface area contributed by atoms with Crippen molar-refractivity contribution in [2.45, 2.75) is 50.6 Å². The maximum atomic E-state index is 12.5. The Morgan fingerprint density at radius 2 is 1.75 bits per heavy atom. The van der Waals surface area contributed by atoms with Crippen LogP contribution in [0.5, 0.6) is 5.75 Å². The van der Waals surface area contributed by atoms with Gasteiger partial charge in [-0.2, -0.15) is 0 Å². The lowest BCUT2D eigenvalue weighted by Gasteiger charge is -2.39. The van der Waals surface area contributed by atoms with Crippen LogP contribution < -0.4 is 10.1 Å². The van der Waals surface area contributed by atoms with E-state index in [0.29, 0.717) is 11.8 Å². The number of carbonyl (C=O) groups excluding carboxylic acids is 1. The normalized spacial score (nSPS) is 19.7. The molecule has 1 saturated heterocycles. The predicted molar refractivity (Wildman–Crippen MR) is 96.6 cm³/mol. The van der Waals surface area contributed by atoms with E-state index >= 15 is 0 Å². The Morgan fingerprint density at radius 3 is 2.42 bits per heavy atom. The molecule has 2 aliphatic rings. The number of nitrogens with zero attached hydrogens (tertiary/aromatic N) is 2. The summed E-state index contributed by atoms with van der Waals surface area (Å²) in [7, 11) is 3.89. The molecule has 0 radical (unpaired) electrons. The number of hydrogen-bond donors (Lipinski definition) is 1. The fourth-order valence-electron chi connectivity index (χ4n) is 4.03. The van der Waals surface area contributed by atoms with Crippen LogP contribution in [0.2, 0.25) is 0 Å². The molecular weight excluding hydrogens is 302 g/mol. The molecule has 1 aromatic carbocycles. The highest BCUT2D eigenvalue weighted by atomic mass is 16.5. The minimum absolute atomic E-state index is 0.0264. The van der Waals surface area contributed by atoms with Crippen LogP contribution in [-0.2, 0) is 0 Å². The van der Waals surface area contributed by atoms with E-state index in [4.69, 9.17) is 4.74 Å². The molecule has 5 nitrogen and oxygen atoms in total. The zero-order valence-corrected chi connectivity index (χ0v) is 14.8. The number of nitrogens with one attached hydrogen (secondary N) is 1. The van der Waals surface area contributed by atoms with Crippen LogP contribution in [0.1, 0.15) is 38.5 Å². The Bertz CT molecular complexity index is 549. The third-order valence-corrected chi connectivity index (χ3v) is 5.58. The van der Waals surface area contributed by atoms with Crippen LogP contribution in [0.3, 0.4) is 0 Å². The Kier molecular flexibility index (Phi) is 5.61. The zero-order valence-electron chi connectivity index (χ0n) is 14.8. The smallest absolute Gasteiger partial charge is 0.321 e. The number of hydrogen-bond acceptors (Lipinski definition) is 3. The van der Waals surface area contributed by atoms with E-state index < -0.39 is 0 Å². The van der Waals surface area contributed by atoms with Crippen LogP contribution in [-0.4, -0.2) is 55.2 Å². The number of carbonyl (C=O) groups is 1. The van der Waals surface area contributed by atoms with Crippen LogP contribution in [0.15, 0.2) is 24.3 Å². The van der Waals surface area contributed by atoms with Gasteiger partial charge in [0.05, 0.1) is 12.8 Å². The second-order valence-corrected chi connectivity index (χ2v) is 6.95. The van der Waals surface area contributed by atoms with E-state index in [0.717, 1.165) is 37.7 Å². The maximum Gasteiger partial charge on any atom is 0.321 e. The number of anilines is 1. The molecule has 1 heterocycles. The van der Waals surface area contributed by atoms with Crippen molar-refractivity contribution in [2.75, 3.05) is 32.6 Å². The molecule has 24 heavy (non-hydrogen) atoms. The fourth-order valence-corrected chi connectivity index (χ4v) is 4.03. The van der Waals surface area contributed by atoms with Gasteiger partial charge in [0, 0.05) is 25.2 Å². The SMILES string of the molecule is COc1ccccc1NC(=O)N1CCC(N(C)C2CCCC2)CC1. The summed E-state index contributed by atoms with van der Waals surface area (Å²) in [6, 6.07) is 8.88. The van der Waals surface area contributed by atoms with E-state index in [-0.39, 0.29) is 6.03 Å². The highest BCUT2D eigenvalue weighted by Crippen LogP contribution is 2.28. The van der Waals surface area contributed by atoms with Crippen LogP contribution in [0.4, 0.5) is 10.5 Å². The van der Waals surface area contributed by atoms with Crippen molar-refractivity contribution < 1.29 is 9.53 Å². The molecular formula is C19H29N3O2. The second kappa shape index (κ2) is 7.88. The molecule has 0 atom stereocenters. The Morgan fingerprint density at radius 1 is 1.12 bits per heavy atom. The van der Waals surface area contributed by atoms with Crippen molar-refractivity contribution in [3.63, 3.8) is 0 Å². The van der Waals surface area contributed by atoms with E-state index in [1.165, 1.54) is 25.7 Å². The van der Waals surface area contributed by atoms with E-state index in [2.05, 4.69) is 17.3 Å². The number of rotatable bonds is 4. The Labute approximate surface area is 145 Å². The molecule has 1 aromatic rings. The predicted octanol–water partition coefficient (Wildman–Crippen LogP) is 3.57. The van der Waals surface area contributed by atoms with Gasteiger partial charge in [0.2, 0.25) is 0 Å². The topological polar surface area (TPSA) is 44.8 Å². The largest absolute Gasteiger partial charge is 0.495 e. The standard InChI is InChI=1S/C19H29N3O2/c1-21(15-7-3-4-8-15)16-11-13-22(14-12-16)19(23)20-17-9-5-6-10-18(17)24-2/h5-6,9-10,15-16H,3-4,7-8,11-14H2,1-2H3,(H,20,23). The molecule has 1 saturated carbocycles. The summed E-state index contributed by atoms with van der Waals surface area (Å²) in [5, 5.41) is 2.98. The molecule has 0 aromatic heterocycles. The molecule has 2 fully saturated rings. The highest BCUT2D eigenvalue weighted by Gasteiger charge is 2.30. The van der Waals surface area contributed by atoms with Gasteiger partial charge in [0.1, 0.15) is 5.75 Å². The Balaban J connectivity index is 1.51. The minimum atomic E-state index is -0.0264.